The van der Waals surface area contributed by atoms with Gasteiger partial charge in [0.2, 0.25) is 0 Å². The van der Waals surface area contributed by atoms with Gasteiger partial charge < -0.3 is 29.9 Å². The fourth-order valence-corrected chi connectivity index (χ4v) is 2.15. The highest BCUT2D eigenvalue weighted by Gasteiger charge is 2.32. The van der Waals surface area contributed by atoms with Crippen LogP contribution in [0.3, 0.4) is 0 Å². The Bertz CT molecular complexity index is 246. The molecule has 2 heterocycles. The zero-order valence-corrected chi connectivity index (χ0v) is 15.8. The molecule has 2 rings (SSSR count). The molecular weight excluding hydrogens is 320 g/mol. The second kappa shape index (κ2) is 17.2. The molecule has 0 radical (unpaired) electrons. The maximum absolute atomic E-state index is 9.52. The van der Waals surface area contributed by atoms with Crippen LogP contribution in [0.2, 0.25) is 0 Å². The molecule has 3 N–H and O–H groups in total. The van der Waals surface area contributed by atoms with Gasteiger partial charge in [0, 0.05) is 19.4 Å². The van der Waals surface area contributed by atoms with E-state index >= 15 is 0 Å². The van der Waals surface area contributed by atoms with Gasteiger partial charge in [0.1, 0.15) is 0 Å². The first-order valence-electron chi connectivity index (χ1n) is 8.60. The Kier molecular flexibility index (Phi) is 20.3. The molecule has 0 aromatic carbocycles. The van der Waals surface area contributed by atoms with Crippen molar-refractivity contribution in [3.63, 3.8) is 0 Å². The van der Waals surface area contributed by atoms with E-state index in [0.29, 0.717) is 31.1 Å². The normalized spacial score (nSPS) is 22.3. The van der Waals surface area contributed by atoms with E-state index in [4.69, 9.17) is 9.47 Å². The number of epoxide rings is 2. The molecule has 0 saturated carbocycles. The van der Waals surface area contributed by atoms with Crippen LogP contribution in [0.5, 0.6) is 0 Å². The minimum Gasteiger partial charge on any atom is -0.393 e. The van der Waals surface area contributed by atoms with Crippen LogP contribution >= 0.6 is 0 Å². The van der Waals surface area contributed by atoms with Crippen molar-refractivity contribution in [2.24, 2.45) is 5.92 Å². The van der Waals surface area contributed by atoms with E-state index in [1.807, 2.05) is 33.1 Å². The van der Waals surface area contributed by atoms with Crippen LogP contribution in [0, 0.1) is 5.92 Å². The molecule has 0 spiro atoms. The summed E-state index contributed by atoms with van der Waals surface area (Å²) in [6, 6.07) is 0. The summed E-state index contributed by atoms with van der Waals surface area (Å²) in [6.45, 7) is 6.71. The first-order valence-corrected chi connectivity index (χ1v) is 8.60. The maximum atomic E-state index is 9.52. The number of hydrogen-bond donors (Lipinski definition) is 3. The van der Waals surface area contributed by atoms with Crippen LogP contribution in [-0.4, -0.2) is 87.5 Å². The highest BCUT2D eigenvalue weighted by molar-refractivity contribution is 4.79. The van der Waals surface area contributed by atoms with Gasteiger partial charge in [-0.05, 0) is 40.5 Å². The molecule has 0 bridgehead atoms. The second-order valence-corrected chi connectivity index (χ2v) is 7.08. The van der Waals surface area contributed by atoms with Crippen LogP contribution in [0.25, 0.3) is 0 Å². The predicted octanol–water partition coefficient (Wildman–Crippen LogP) is 1.99. The molecule has 0 aromatic heterocycles. The zero-order chi connectivity index (χ0) is 17.8. The van der Waals surface area contributed by atoms with Gasteiger partial charge in [0.15, 0.2) is 0 Å². The number of ether oxygens (including phenoxy) is 2. The molecule has 4 atom stereocenters. The fourth-order valence-electron chi connectivity index (χ4n) is 2.15. The largest absolute Gasteiger partial charge is 0.393 e. The number of hydrogen-bond acceptors (Lipinski definition) is 6. The lowest BCUT2D eigenvalue weighted by atomic mass is 10.0. The third kappa shape index (κ3) is 23.8. The fraction of sp³-hybridized carbons (Fsp3) is 1.00. The highest BCUT2D eigenvalue weighted by Crippen LogP contribution is 2.23. The van der Waals surface area contributed by atoms with E-state index in [9.17, 15) is 10.2 Å². The predicted molar refractivity (Wildman–Crippen MR) is 107 cm³/mol. The topological polar surface area (TPSA) is 80.8 Å². The Balaban J connectivity index is -0.000000338. The van der Waals surface area contributed by atoms with E-state index in [1.54, 1.807) is 0 Å². The summed E-state index contributed by atoms with van der Waals surface area (Å²) in [5.41, 5.74) is 0. The number of rotatable bonds is 8. The zero-order valence-electron chi connectivity index (χ0n) is 15.8. The van der Waals surface area contributed by atoms with Gasteiger partial charge in [-0.1, -0.05) is 28.7 Å². The summed E-state index contributed by atoms with van der Waals surface area (Å²) in [5.74, 6) is 0.488. The minimum atomic E-state index is -0.413. The molecule has 0 aromatic rings. The molecule has 156 valence electrons. The highest BCUT2D eigenvalue weighted by atomic mass is 16.6. The van der Waals surface area contributed by atoms with Crippen molar-refractivity contribution in [1.82, 2.24) is 10.2 Å². The molecule has 2 aliphatic rings. The van der Waals surface area contributed by atoms with E-state index in [1.165, 1.54) is 0 Å². The van der Waals surface area contributed by atoms with Gasteiger partial charge in [-0.15, -0.1) is 0 Å². The van der Waals surface area contributed by atoms with E-state index < -0.39 is 6.10 Å². The maximum Gasteiger partial charge on any atom is 0.0835 e. The number of likely N-dealkylation sites (N-methyl/N-ethyl adjacent to an activating group) is 1. The third-order valence-electron chi connectivity index (χ3n) is 3.19. The monoisotopic (exact) mass is 366 g/mol. The Morgan fingerprint density at radius 1 is 0.960 bits per heavy atom. The third-order valence-corrected chi connectivity index (χ3v) is 3.19. The quantitative estimate of drug-likeness (QED) is 0.570. The van der Waals surface area contributed by atoms with Gasteiger partial charge in [0.25, 0.3) is 0 Å². The van der Waals surface area contributed by atoms with Crippen molar-refractivity contribution >= 4 is 0 Å². The lowest BCUT2D eigenvalue weighted by molar-refractivity contribution is 0.0548. The van der Waals surface area contributed by atoms with E-state index in [0.717, 1.165) is 26.1 Å². The van der Waals surface area contributed by atoms with Crippen molar-refractivity contribution in [3.8, 4) is 0 Å². The van der Waals surface area contributed by atoms with Crippen LogP contribution in [0.4, 0.5) is 0 Å². The van der Waals surface area contributed by atoms with Crippen molar-refractivity contribution in [2.75, 3.05) is 47.9 Å². The summed E-state index contributed by atoms with van der Waals surface area (Å²) >= 11 is 0. The molecule has 2 saturated heterocycles. The Labute approximate surface area is 156 Å². The van der Waals surface area contributed by atoms with Crippen LogP contribution in [0.15, 0.2) is 0 Å². The van der Waals surface area contributed by atoms with Crippen LogP contribution < -0.4 is 5.32 Å². The summed E-state index contributed by atoms with van der Waals surface area (Å²) in [4.78, 5) is 1.92. The number of nitrogens with one attached hydrogen (secondary N) is 1. The summed E-state index contributed by atoms with van der Waals surface area (Å²) in [6.07, 6.45) is 2.74. The molecule has 25 heavy (non-hydrogen) atoms. The van der Waals surface area contributed by atoms with Gasteiger partial charge >= 0.3 is 0 Å². The van der Waals surface area contributed by atoms with Crippen molar-refractivity contribution < 1.29 is 19.7 Å². The summed E-state index contributed by atoms with van der Waals surface area (Å²) < 4.78 is 9.96. The summed E-state index contributed by atoms with van der Waals surface area (Å²) in [7, 11) is 7.58. The molecule has 6 heteroatoms. The van der Waals surface area contributed by atoms with Gasteiger partial charge in [0.05, 0.1) is 37.6 Å². The van der Waals surface area contributed by atoms with Crippen LogP contribution in [0.1, 0.15) is 48.0 Å². The molecule has 2 fully saturated rings. The van der Waals surface area contributed by atoms with Gasteiger partial charge in [-0.2, -0.15) is 0 Å². The first-order chi connectivity index (χ1) is 10.8. The summed E-state index contributed by atoms with van der Waals surface area (Å²) in [5, 5.41) is 21.8. The molecular formula is C19H46N2O4. The van der Waals surface area contributed by atoms with Crippen molar-refractivity contribution in [1.29, 1.82) is 0 Å². The Morgan fingerprint density at radius 2 is 1.36 bits per heavy atom. The van der Waals surface area contributed by atoms with Crippen molar-refractivity contribution in [2.45, 2.75) is 72.4 Å². The average molecular weight is 367 g/mol. The average Bonchev–Trinajstić information content (AvgIpc) is 3.26. The molecule has 4 unspecified atom stereocenters. The van der Waals surface area contributed by atoms with Gasteiger partial charge in [-0.3, -0.25) is 0 Å². The van der Waals surface area contributed by atoms with Gasteiger partial charge in [-0.25, -0.2) is 0 Å². The Morgan fingerprint density at radius 3 is 1.64 bits per heavy atom. The lowest BCUT2D eigenvalue weighted by Gasteiger charge is -2.19. The SMILES string of the molecule is C.C.C1OC1CC1CO1.CC(C)CC(O)CC(O)CN(C)C.CNC. The smallest absolute Gasteiger partial charge is 0.0835 e. The standard InChI is InChI=1S/C10H23NO2.C5H8O2.C2H7N.2CH4/c1-8(2)5-9(12)6-10(13)7-11(3)4;1(4-2-6-4)5-3-7-5;1-3-2;;/h8-10,12-13H,5-7H2,1-4H3;4-5H,1-3H2;3H,1-2H3;2*1H4. The number of aliphatic hydroxyl groups is 2. The van der Waals surface area contributed by atoms with E-state index in [-0.39, 0.29) is 21.0 Å². The number of nitrogens with zero attached hydrogens (tertiary/aromatic N) is 1. The molecule has 0 aliphatic carbocycles. The van der Waals surface area contributed by atoms with Crippen molar-refractivity contribution in [3.05, 3.63) is 0 Å². The Hall–Kier alpha value is -0.240. The molecule has 2 aliphatic heterocycles. The van der Waals surface area contributed by atoms with E-state index in [2.05, 4.69) is 19.2 Å². The second-order valence-electron chi connectivity index (χ2n) is 7.08. The number of aliphatic hydroxyl groups excluding tert-OH is 2. The first kappa shape index (κ1) is 29.5. The van der Waals surface area contributed by atoms with Crippen LogP contribution in [-0.2, 0) is 9.47 Å². The molecule has 0 amide bonds. The minimum absolute atomic E-state index is 0. The molecule has 6 nitrogen and oxygen atoms in total. The lowest BCUT2D eigenvalue weighted by Crippen LogP contribution is -2.29.